The third-order valence-corrected chi connectivity index (χ3v) is 4.31. The number of nitrogens with zero attached hydrogens (tertiary/aromatic N) is 1. The number of benzene rings is 1. The van der Waals surface area contributed by atoms with Crippen molar-refractivity contribution < 1.29 is 4.39 Å². The highest BCUT2D eigenvalue weighted by molar-refractivity contribution is 8.00. The van der Waals surface area contributed by atoms with Crippen LogP contribution in [0.1, 0.15) is 24.0 Å². The van der Waals surface area contributed by atoms with Crippen LogP contribution < -0.4 is 5.32 Å². The molecule has 1 heterocycles. The number of hydrogen-bond acceptors (Lipinski definition) is 3. The lowest BCUT2D eigenvalue weighted by molar-refractivity contribution is 0.579. The summed E-state index contributed by atoms with van der Waals surface area (Å²) in [5.41, 5.74) is 0.701. The average molecular weight is 250 g/mol. The maximum Gasteiger partial charge on any atom is 0.145 e. The van der Waals surface area contributed by atoms with Crippen molar-refractivity contribution in [1.82, 2.24) is 5.32 Å². The molecule has 1 fully saturated rings. The summed E-state index contributed by atoms with van der Waals surface area (Å²) in [6.07, 6.45) is 2.54. The minimum absolute atomic E-state index is 0.125. The molecular formula is C13H15FN2S. The number of nitrogens with one attached hydrogen (secondary N) is 1. The molecule has 0 aliphatic carbocycles. The molecule has 1 aliphatic heterocycles. The Bertz CT molecular complexity index is 422. The van der Waals surface area contributed by atoms with E-state index in [1.807, 2.05) is 17.8 Å². The van der Waals surface area contributed by atoms with Gasteiger partial charge >= 0.3 is 0 Å². The fraction of sp³-hybridized carbons (Fsp3) is 0.462. The van der Waals surface area contributed by atoms with E-state index in [0.29, 0.717) is 17.4 Å². The highest BCUT2D eigenvalue weighted by atomic mass is 32.2. The van der Waals surface area contributed by atoms with E-state index in [0.717, 1.165) is 6.54 Å². The zero-order chi connectivity index (χ0) is 12.1. The van der Waals surface area contributed by atoms with Gasteiger partial charge < -0.3 is 5.32 Å². The Labute approximate surface area is 105 Å². The molecule has 2 nitrogen and oxygen atoms in total. The fourth-order valence-corrected chi connectivity index (χ4v) is 3.21. The summed E-state index contributed by atoms with van der Waals surface area (Å²) in [6.45, 7) is 1.42. The van der Waals surface area contributed by atoms with E-state index in [9.17, 15) is 4.39 Å². The minimum Gasteiger partial charge on any atom is -0.311 e. The minimum atomic E-state index is -0.387. The van der Waals surface area contributed by atoms with Gasteiger partial charge in [-0.3, -0.25) is 0 Å². The zero-order valence-electron chi connectivity index (χ0n) is 9.58. The van der Waals surface area contributed by atoms with E-state index in [-0.39, 0.29) is 11.4 Å². The molecule has 17 heavy (non-hydrogen) atoms. The third-order valence-electron chi connectivity index (χ3n) is 2.91. The van der Waals surface area contributed by atoms with Gasteiger partial charge in [0.25, 0.3) is 0 Å². The van der Waals surface area contributed by atoms with Gasteiger partial charge in [0.15, 0.2) is 0 Å². The first-order valence-corrected chi connectivity index (χ1v) is 6.86. The second kappa shape index (κ2) is 6.04. The Kier molecular flexibility index (Phi) is 4.41. The van der Waals surface area contributed by atoms with Gasteiger partial charge in [0, 0.05) is 23.9 Å². The molecular weight excluding hydrogens is 235 g/mol. The maximum atomic E-state index is 13.7. The molecule has 0 aromatic heterocycles. The third kappa shape index (κ3) is 3.21. The van der Waals surface area contributed by atoms with E-state index in [4.69, 9.17) is 5.26 Å². The first-order valence-electron chi connectivity index (χ1n) is 5.81. The topological polar surface area (TPSA) is 35.8 Å². The summed E-state index contributed by atoms with van der Waals surface area (Å²) in [5, 5.41) is 12.7. The molecule has 0 amide bonds. The van der Waals surface area contributed by atoms with Gasteiger partial charge in [-0.05, 0) is 24.7 Å². The van der Waals surface area contributed by atoms with Crippen LogP contribution in [0.3, 0.4) is 0 Å². The van der Waals surface area contributed by atoms with Crippen LogP contribution in [0.4, 0.5) is 4.39 Å². The van der Waals surface area contributed by atoms with E-state index >= 15 is 0 Å². The van der Waals surface area contributed by atoms with Crippen molar-refractivity contribution in [2.75, 3.05) is 12.3 Å². The smallest absolute Gasteiger partial charge is 0.145 e. The second-order valence-electron chi connectivity index (χ2n) is 4.16. The quantitative estimate of drug-likeness (QED) is 0.892. The van der Waals surface area contributed by atoms with Crippen molar-refractivity contribution in [1.29, 1.82) is 5.26 Å². The highest BCUT2D eigenvalue weighted by Gasteiger charge is 2.15. The first-order chi connectivity index (χ1) is 8.31. The summed E-state index contributed by atoms with van der Waals surface area (Å²) >= 11 is 1.98. The molecule has 0 spiro atoms. The van der Waals surface area contributed by atoms with Gasteiger partial charge in [0.2, 0.25) is 0 Å². The number of rotatable bonds is 4. The number of halogens is 1. The van der Waals surface area contributed by atoms with Crippen molar-refractivity contribution >= 4 is 11.8 Å². The fourth-order valence-electron chi connectivity index (χ4n) is 1.98. The lowest BCUT2D eigenvalue weighted by Crippen LogP contribution is -2.23. The van der Waals surface area contributed by atoms with Crippen molar-refractivity contribution in [3.8, 4) is 6.07 Å². The van der Waals surface area contributed by atoms with Crippen molar-refractivity contribution in [3.63, 3.8) is 0 Å². The van der Waals surface area contributed by atoms with Gasteiger partial charge in [0.05, 0.1) is 5.56 Å². The van der Waals surface area contributed by atoms with E-state index in [1.54, 1.807) is 12.1 Å². The molecule has 0 bridgehead atoms. The molecule has 1 aliphatic rings. The summed E-state index contributed by atoms with van der Waals surface area (Å²) in [7, 11) is 0. The predicted octanol–water partition coefficient (Wildman–Crippen LogP) is 2.68. The van der Waals surface area contributed by atoms with Gasteiger partial charge in [-0.15, -0.1) is 0 Å². The second-order valence-corrected chi connectivity index (χ2v) is 5.56. The Morgan fingerprint density at radius 3 is 3.12 bits per heavy atom. The molecule has 1 saturated heterocycles. The van der Waals surface area contributed by atoms with Crippen LogP contribution >= 0.6 is 11.8 Å². The Balaban J connectivity index is 1.88. The maximum absolute atomic E-state index is 13.7. The van der Waals surface area contributed by atoms with E-state index < -0.39 is 0 Å². The van der Waals surface area contributed by atoms with E-state index in [1.165, 1.54) is 24.7 Å². The van der Waals surface area contributed by atoms with Crippen molar-refractivity contribution in [3.05, 3.63) is 35.1 Å². The summed E-state index contributed by atoms with van der Waals surface area (Å²) in [6, 6.07) is 6.82. The average Bonchev–Trinajstić information content (AvgIpc) is 2.84. The van der Waals surface area contributed by atoms with Gasteiger partial charge in [-0.1, -0.05) is 12.1 Å². The van der Waals surface area contributed by atoms with Crippen LogP contribution in [-0.4, -0.2) is 17.5 Å². The molecule has 0 radical (unpaired) electrons. The normalized spacial score (nSPS) is 19.2. The number of nitriles is 1. The van der Waals surface area contributed by atoms with Gasteiger partial charge in [0.1, 0.15) is 11.9 Å². The molecule has 1 unspecified atom stereocenters. The Morgan fingerprint density at radius 1 is 1.53 bits per heavy atom. The molecule has 1 aromatic rings. The SMILES string of the molecule is N#Cc1cccc(CNCC2CCCS2)c1F. The summed E-state index contributed by atoms with van der Waals surface area (Å²) < 4.78 is 13.7. The van der Waals surface area contributed by atoms with Crippen LogP contribution in [0.5, 0.6) is 0 Å². The molecule has 2 rings (SSSR count). The number of thioether (sulfide) groups is 1. The molecule has 1 atom stereocenters. The molecule has 4 heteroatoms. The monoisotopic (exact) mass is 250 g/mol. The van der Waals surface area contributed by atoms with Gasteiger partial charge in [-0.2, -0.15) is 17.0 Å². The largest absolute Gasteiger partial charge is 0.311 e. The van der Waals surface area contributed by atoms with Crippen LogP contribution in [0.15, 0.2) is 18.2 Å². The lowest BCUT2D eigenvalue weighted by atomic mass is 10.1. The molecule has 1 N–H and O–H groups in total. The van der Waals surface area contributed by atoms with Crippen molar-refractivity contribution in [2.24, 2.45) is 0 Å². The molecule has 0 saturated carbocycles. The van der Waals surface area contributed by atoms with Crippen LogP contribution in [-0.2, 0) is 6.54 Å². The van der Waals surface area contributed by atoms with Crippen LogP contribution in [0.25, 0.3) is 0 Å². The van der Waals surface area contributed by atoms with Crippen molar-refractivity contribution in [2.45, 2.75) is 24.6 Å². The molecule has 90 valence electrons. The predicted molar refractivity (Wildman–Crippen MR) is 68.3 cm³/mol. The lowest BCUT2D eigenvalue weighted by Gasteiger charge is -2.10. The van der Waals surface area contributed by atoms with Crippen LogP contribution in [0, 0.1) is 17.1 Å². The Morgan fingerprint density at radius 2 is 2.41 bits per heavy atom. The first kappa shape index (κ1) is 12.4. The Hall–Kier alpha value is -1.05. The summed E-state index contributed by atoms with van der Waals surface area (Å²) in [4.78, 5) is 0. The number of hydrogen-bond donors (Lipinski definition) is 1. The zero-order valence-corrected chi connectivity index (χ0v) is 10.4. The summed E-state index contributed by atoms with van der Waals surface area (Å²) in [5.74, 6) is 0.853. The van der Waals surface area contributed by atoms with E-state index in [2.05, 4.69) is 5.32 Å². The van der Waals surface area contributed by atoms with Crippen LogP contribution in [0.2, 0.25) is 0 Å². The molecule has 1 aromatic carbocycles. The standard InChI is InChI=1S/C13H15FN2S/c14-13-10(7-15)3-1-4-11(13)8-16-9-12-5-2-6-17-12/h1,3-4,12,16H,2,5-6,8-9H2. The van der Waals surface area contributed by atoms with Gasteiger partial charge in [-0.25, -0.2) is 4.39 Å². The highest BCUT2D eigenvalue weighted by Crippen LogP contribution is 2.25.